The summed E-state index contributed by atoms with van der Waals surface area (Å²) in [5.41, 5.74) is 6.51. The molecule has 0 amide bonds. The van der Waals surface area contributed by atoms with Crippen LogP contribution in [0.4, 0.5) is 5.69 Å². The van der Waals surface area contributed by atoms with Gasteiger partial charge in [0, 0.05) is 54.6 Å². The smallest absolute Gasteiger partial charge is 0.163 e. The van der Waals surface area contributed by atoms with Crippen LogP contribution < -0.4 is 10.1 Å². The van der Waals surface area contributed by atoms with E-state index in [1.807, 2.05) is 48.9 Å². The van der Waals surface area contributed by atoms with E-state index in [4.69, 9.17) is 4.74 Å². The van der Waals surface area contributed by atoms with E-state index in [-0.39, 0.29) is 5.78 Å². The topological polar surface area (TPSA) is 56.1 Å². The second-order valence-electron chi connectivity index (χ2n) is 8.66. The lowest BCUT2D eigenvalue weighted by atomic mass is 9.87. The quantitative estimate of drug-likeness (QED) is 0.355. The molecule has 1 aliphatic rings. The summed E-state index contributed by atoms with van der Waals surface area (Å²) in [5, 5.41) is 3.50. The number of ketones is 1. The van der Waals surface area contributed by atoms with Gasteiger partial charge in [-0.2, -0.15) is 0 Å². The highest BCUT2D eigenvalue weighted by atomic mass is 16.5. The number of hydrogen-bond acceptors (Lipinski definition) is 4. The van der Waals surface area contributed by atoms with Crippen LogP contribution in [0.2, 0.25) is 0 Å². The van der Waals surface area contributed by atoms with Crippen LogP contribution in [0.25, 0.3) is 0 Å². The van der Waals surface area contributed by atoms with Crippen LogP contribution in [0.3, 0.4) is 0 Å². The Bertz CT molecular complexity index is 1250. The van der Waals surface area contributed by atoms with Crippen molar-refractivity contribution in [3.05, 3.63) is 113 Å². The standard InChI is InChI=1S/C29H29N3O2/c33-28-13-7-12-25-26(28)14-15-29(27(25)19-31-23-10-5-2-6-11-23)34-17-16-24-18-30-21-32(24)20-22-8-3-1-4-9-22/h1-6,8-11,14-15,18,21,31H,7,12-13,16-17,19-20H2. The van der Waals surface area contributed by atoms with E-state index in [1.54, 1.807) is 0 Å². The summed E-state index contributed by atoms with van der Waals surface area (Å²) < 4.78 is 8.48. The molecule has 1 aromatic heterocycles. The number of carbonyl (C=O) groups is 1. The molecular weight excluding hydrogens is 422 g/mol. The summed E-state index contributed by atoms with van der Waals surface area (Å²) in [6, 6.07) is 24.4. The zero-order chi connectivity index (χ0) is 23.2. The number of imidazole rings is 1. The van der Waals surface area contributed by atoms with Crippen molar-refractivity contribution in [3.8, 4) is 5.75 Å². The van der Waals surface area contributed by atoms with E-state index in [1.165, 1.54) is 5.56 Å². The molecule has 34 heavy (non-hydrogen) atoms. The van der Waals surface area contributed by atoms with Crippen LogP contribution in [-0.2, 0) is 25.9 Å². The predicted molar refractivity (Wildman–Crippen MR) is 134 cm³/mol. The molecule has 0 aliphatic heterocycles. The monoisotopic (exact) mass is 451 g/mol. The first-order valence-electron chi connectivity index (χ1n) is 11.9. The number of hydrogen-bond donors (Lipinski definition) is 1. The van der Waals surface area contributed by atoms with Crippen LogP contribution in [0, 0.1) is 0 Å². The fourth-order valence-electron chi connectivity index (χ4n) is 4.60. The molecule has 5 nitrogen and oxygen atoms in total. The molecular formula is C29H29N3O2. The molecule has 0 spiro atoms. The normalized spacial score (nSPS) is 12.9. The average molecular weight is 452 g/mol. The number of Topliss-reactive ketones (excluding diaryl/α,β-unsaturated/α-hetero) is 1. The van der Waals surface area contributed by atoms with Crippen LogP contribution in [-0.4, -0.2) is 21.9 Å². The summed E-state index contributed by atoms with van der Waals surface area (Å²) in [6.45, 7) is 1.97. The number of nitrogens with one attached hydrogen (secondary N) is 1. The second-order valence-corrected chi connectivity index (χ2v) is 8.66. The number of aromatic nitrogens is 2. The molecule has 5 rings (SSSR count). The summed E-state index contributed by atoms with van der Waals surface area (Å²) in [5.74, 6) is 1.09. The van der Waals surface area contributed by atoms with Gasteiger partial charge in [0.25, 0.3) is 0 Å². The second kappa shape index (κ2) is 10.4. The van der Waals surface area contributed by atoms with Gasteiger partial charge in [0.15, 0.2) is 5.78 Å². The van der Waals surface area contributed by atoms with Crippen LogP contribution >= 0.6 is 0 Å². The van der Waals surface area contributed by atoms with Crippen molar-refractivity contribution in [2.75, 3.05) is 11.9 Å². The third-order valence-corrected chi connectivity index (χ3v) is 6.37. The Morgan fingerprint density at radius 1 is 0.941 bits per heavy atom. The van der Waals surface area contributed by atoms with E-state index in [9.17, 15) is 4.79 Å². The van der Waals surface area contributed by atoms with Crippen LogP contribution in [0.5, 0.6) is 5.75 Å². The zero-order valence-electron chi connectivity index (χ0n) is 19.2. The highest BCUT2D eigenvalue weighted by molar-refractivity contribution is 5.99. The molecule has 0 fully saturated rings. The summed E-state index contributed by atoms with van der Waals surface area (Å²) in [4.78, 5) is 16.9. The third kappa shape index (κ3) is 5.04. The highest BCUT2D eigenvalue weighted by Crippen LogP contribution is 2.32. The van der Waals surface area contributed by atoms with Gasteiger partial charge in [-0.05, 0) is 48.2 Å². The minimum atomic E-state index is 0.235. The Kier molecular flexibility index (Phi) is 6.71. The van der Waals surface area contributed by atoms with Gasteiger partial charge in [-0.1, -0.05) is 48.5 Å². The van der Waals surface area contributed by atoms with Gasteiger partial charge in [0.05, 0.1) is 12.9 Å². The molecule has 3 aromatic carbocycles. The molecule has 1 heterocycles. The molecule has 0 radical (unpaired) electrons. The lowest BCUT2D eigenvalue weighted by molar-refractivity contribution is 0.0972. The Hall–Kier alpha value is -3.86. The number of ether oxygens (including phenoxy) is 1. The summed E-state index contributed by atoms with van der Waals surface area (Å²) in [6.07, 6.45) is 6.98. The summed E-state index contributed by atoms with van der Waals surface area (Å²) >= 11 is 0. The minimum absolute atomic E-state index is 0.235. The van der Waals surface area contributed by atoms with Gasteiger partial charge in [0.2, 0.25) is 0 Å². The Morgan fingerprint density at radius 3 is 2.56 bits per heavy atom. The number of benzene rings is 3. The molecule has 0 unspecified atom stereocenters. The van der Waals surface area contributed by atoms with Gasteiger partial charge in [-0.25, -0.2) is 4.98 Å². The number of anilines is 1. The van der Waals surface area contributed by atoms with Crippen molar-refractivity contribution in [3.63, 3.8) is 0 Å². The Balaban J connectivity index is 1.31. The Labute approximate surface area is 200 Å². The number of rotatable bonds is 9. The molecule has 1 N–H and O–H groups in total. The lowest BCUT2D eigenvalue weighted by Crippen LogP contribution is -2.17. The molecule has 0 saturated heterocycles. The number of fused-ring (bicyclic) bond motifs is 1. The van der Waals surface area contributed by atoms with Gasteiger partial charge in [-0.3, -0.25) is 4.79 Å². The van der Waals surface area contributed by atoms with E-state index in [0.29, 0.717) is 19.6 Å². The van der Waals surface area contributed by atoms with Crippen molar-refractivity contribution in [2.24, 2.45) is 0 Å². The van der Waals surface area contributed by atoms with Crippen molar-refractivity contribution < 1.29 is 9.53 Å². The molecule has 0 saturated carbocycles. The molecule has 172 valence electrons. The largest absolute Gasteiger partial charge is 0.493 e. The van der Waals surface area contributed by atoms with Crippen molar-refractivity contribution in [1.29, 1.82) is 0 Å². The third-order valence-electron chi connectivity index (χ3n) is 6.37. The fourth-order valence-corrected chi connectivity index (χ4v) is 4.60. The maximum atomic E-state index is 12.5. The van der Waals surface area contributed by atoms with Gasteiger partial charge < -0.3 is 14.6 Å². The van der Waals surface area contributed by atoms with Gasteiger partial charge in [-0.15, -0.1) is 0 Å². The molecule has 0 bridgehead atoms. The fraction of sp³-hybridized carbons (Fsp3) is 0.241. The lowest BCUT2D eigenvalue weighted by Gasteiger charge is -2.22. The van der Waals surface area contributed by atoms with Gasteiger partial charge >= 0.3 is 0 Å². The van der Waals surface area contributed by atoms with Gasteiger partial charge in [0.1, 0.15) is 5.75 Å². The molecule has 4 aromatic rings. The maximum Gasteiger partial charge on any atom is 0.163 e. The highest BCUT2D eigenvalue weighted by Gasteiger charge is 2.22. The van der Waals surface area contributed by atoms with E-state index in [0.717, 1.165) is 59.6 Å². The Morgan fingerprint density at radius 2 is 1.74 bits per heavy atom. The molecule has 0 atom stereocenters. The van der Waals surface area contributed by atoms with Crippen molar-refractivity contribution in [2.45, 2.75) is 38.8 Å². The molecule has 5 heteroatoms. The summed E-state index contributed by atoms with van der Waals surface area (Å²) in [7, 11) is 0. The first-order valence-corrected chi connectivity index (χ1v) is 11.9. The van der Waals surface area contributed by atoms with E-state index >= 15 is 0 Å². The zero-order valence-corrected chi connectivity index (χ0v) is 19.2. The van der Waals surface area contributed by atoms with Crippen LogP contribution in [0.1, 0.15) is 45.6 Å². The number of carbonyl (C=O) groups excluding carboxylic acids is 1. The number of nitrogens with zero attached hydrogens (tertiary/aromatic N) is 2. The SMILES string of the molecule is O=C1CCCc2c1ccc(OCCc1cncn1Cc1ccccc1)c2CNc1ccccc1. The first kappa shape index (κ1) is 22.0. The van der Waals surface area contributed by atoms with Crippen molar-refractivity contribution in [1.82, 2.24) is 9.55 Å². The predicted octanol–water partition coefficient (Wildman–Crippen LogP) is 5.68. The van der Waals surface area contributed by atoms with E-state index < -0.39 is 0 Å². The van der Waals surface area contributed by atoms with Crippen molar-refractivity contribution >= 4 is 11.5 Å². The van der Waals surface area contributed by atoms with E-state index in [2.05, 4.69) is 51.3 Å². The maximum absolute atomic E-state index is 12.5. The first-order chi connectivity index (χ1) is 16.8. The van der Waals surface area contributed by atoms with Crippen LogP contribution in [0.15, 0.2) is 85.3 Å². The minimum Gasteiger partial charge on any atom is -0.493 e. The number of para-hydroxylation sites is 1. The average Bonchev–Trinajstić information content (AvgIpc) is 3.31. The molecule has 1 aliphatic carbocycles.